The highest BCUT2D eigenvalue weighted by Gasteiger charge is 2.46. The number of benzene rings is 1. The molecule has 1 aromatic carbocycles. The Kier molecular flexibility index (Phi) is 4.04. The molecule has 0 radical (unpaired) electrons. The smallest absolute Gasteiger partial charge is 0.330 e. The van der Waals surface area contributed by atoms with Crippen molar-refractivity contribution < 1.29 is 14.3 Å². The van der Waals surface area contributed by atoms with E-state index in [0.717, 1.165) is 12.0 Å². The average molecular weight is 296 g/mol. The number of methoxy groups -OCH3 is 1. The van der Waals surface area contributed by atoms with Crippen LogP contribution in [0, 0.1) is 5.92 Å². The Morgan fingerprint density at radius 1 is 1.40 bits per heavy atom. The molecule has 2 rings (SSSR count). The molecule has 0 heterocycles. The van der Waals surface area contributed by atoms with Gasteiger partial charge in [-0.25, -0.2) is 4.79 Å². The molecule has 0 bridgehead atoms. The second kappa shape index (κ2) is 5.44. The highest BCUT2D eigenvalue weighted by atomic mass is 35.5. The molecule has 0 saturated heterocycles. The Bertz CT molecular complexity index is 542. The van der Waals surface area contributed by atoms with E-state index in [0.29, 0.717) is 5.02 Å². The van der Waals surface area contributed by atoms with E-state index in [2.05, 4.69) is 10.1 Å². The lowest BCUT2D eigenvalue weighted by Crippen LogP contribution is -2.51. The molecule has 108 valence electrons. The van der Waals surface area contributed by atoms with E-state index in [1.54, 1.807) is 13.8 Å². The summed E-state index contributed by atoms with van der Waals surface area (Å²) in [5, 5.41) is 3.41. The lowest BCUT2D eigenvalue weighted by molar-refractivity contribution is -0.149. The summed E-state index contributed by atoms with van der Waals surface area (Å²) in [6, 6.07) is 7.53. The van der Waals surface area contributed by atoms with Crippen LogP contribution in [0.15, 0.2) is 24.3 Å². The molecular weight excluding hydrogens is 278 g/mol. The zero-order chi connectivity index (χ0) is 14.9. The van der Waals surface area contributed by atoms with Gasteiger partial charge in [-0.05, 0) is 43.9 Å². The number of amides is 1. The molecule has 1 fully saturated rings. The van der Waals surface area contributed by atoms with Gasteiger partial charge >= 0.3 is 5.97 Å². The maximum absolute atomic E-state index is 12.2. The Morgan fingerprint density at radius 2 is 2.10 bits per heavy atom. The number of carbonyl (C=O) groups excluding carboxylic acids is 2. The van der Waals surface area contributed by atoms with E-state index >= 15 is 0 Å². The Balaban J connectivity index is 1.98. The van der Waals surface area contributed by atoms with Crippen LogP contribution in [-0.4, -0.2) is 24.5 Å². The fourth-order valence-electron chi connectivity index (χ4n) is 2.30. The number of carbonyl (C=O) groups is 2. The summed E-state index contributed by atoms with van der Waals surface area (Å²) in [6.07, 6.45) is 0.781. The molecular formula is C15H18ClNO3. The van der Waals surface area contributed by atoms with Gasteiger partial charge in [-0.2, -0.15) is 0 Å². The summed E-state index contributed by atoms with van der Waals surface area (Å²) in [6.45, 7) is 3.26. The Morgan fingerprint density at radius 3 is 2.70 bits per heavy atom. The summed E-state index contributed by atoms with van der Waals surface area (Å²) < 4.78 is 4.67. The quantitative estimate of drug-likeness (QED) is 0.868. The Hall–Kier alpha value is -1.55. The van der Waals surface area contributed by atoms with E-state index < -0.39 is 11.5 Å². The predicted molar refractivity (Wildman–Crippen MR) is 76.5 cm³/mol. The van der Waals surface area contributed by atoms with Crippen LogP contribution < -0.4 is 5.32 Å². The number of hydrogen-bond acceptors (Lipinski definition) is 3. The van der Waals surface area contributed by atoms with Crippen molar-refractivity contribution in [3.05, 3.63) is 34.9 Å². The molecule has 4 nitrogen and oxygen atoms in total. The average Bonchev–Trinajstić information content (AvgIpc) is 3.17. The van der Waals surface area contributed by atoms with Crippen molar-refractivity contribution >= 4 is 23.5 Å². The normalized spacial score (nSPS) is 21.2. The third kappa shape index (κ3) is 3.12. The molecule has 1 aromatic rings. The SMILES string of the molecule is COC(=O)C(C)(C)NC(=O)C1CC1c1cccc(Cl)c1. The third-order valence-electron chi connectivity index (χ3n) is 3.54. The van der Waals surface area contributed by atoms with E-state index in [1.807, 2.05) is 24.3 Å². The van der Waals surface area contributed by atoms with Gasteiger partial charge in [-0.1, -0.05) is 23.7 Å². The minimum atomic E-state index is -1.01. The highest BCUT2D eigenvalue weighted by Crippen LogP contribution is 2.48. The molecule has 1 aliphatic rings. The summed E-state index contributed by atoms with van der Waals surface area (Å²) in [4.78, 5) is 23.7. The van der Waals surface area contributed by atoms with Crippen LogP contribution in [0.1, 0.15) is 31.7 Å². The first kappa shape index (κ1) is 14.9. The first-order chi connectivity index (χ1) is 9.35. The summed E-state index contributed by atoms with van der Waals surface area (Å²) in [5.74, 6) is -0.490. The maximum Gasteiger partial charge on any atom is 0.330 e. The lowest BCUT2D eigenvalue weighted by Gasteiger charge is -2.23. The molecule has 2 unspecified atom stereocenters. The number of ether oxygens (including phenoxy) is 1. The van der Waals surface area contributed by atoms with Gasteiger partial charge in [0.25, 0.3) is 0 Å². The number of halogens is 1. The van der Waals surface area contributed by atoms with Crippen molar-refractivity contribution in [1.29, 1.82) is 0 Å². The van der Waals surface area contributed by atoms with E-state index in [4.69, 9.17) is 11.6 Å². The number of hydrogen-bond donors (Lipinski definition) is 1. The molecule has 0 spiro atoms. The predicted octanol–water partition coefficient (Wildman–Crippen LogP) is 2.51. The van der Waals surface area contributed by atoms with Crippen molar-refractivity contribution in [2.24, 2.45) is 5.92 Å². The standard InChI is InChI=1S/C15H18ClNO3/c1-15(2,14(19)20-3)17-13(18)12-8-11(12)9-5-4-6-10(16)7-9/h4-7,11-12H,8H2,1-3H3,(H,17,18). The topological polar surface area (TPSA) is 55.4 Å². The molecule has 2 atom stereocenters. The summed E-state index contributed by atoms with van der Waals surface area (Å²) in [5.41, 5.74) is 0.0568. The fourth-order valence-corrected chi connectivity index (χ4v) is 2.50. The largest absolute Gasteiger partial charge is 0.467 e. The van der Waals surface area contributed by atoms with Crippen LogP contribution >= 0.6 is 11.6 Å². The van der Waals surface area contributed by atoms with Gasteiger partial charge in [0, 0.05) is 10.9 Å². The molecule has 1 saturated carbocycles. The van der Waals surface area contributed by atoms with E-state index in [9.17, 15) is 9.59 Å². The van der Waals surface area contributed by atoms with Crippen LogP contribution in [0.25, 0.3) is 0 Å². The zero-order valence-electron chi connectivity index (χ0n) is 11.8. The van der Waals surface area contributed by atoms with Crippen molar-refractivity contribution in [1.82, 2.24) is 5.32 Å². The molecule has 1 aliphatic carbocycles. The first-order valence-corrected chi connectivity index (χ1v) is 6.89. The molecule has 5 heteroatoms. The van der Waals surface area contributed by atoms with Crippen molar-refractivity contribution in [2.45, 2.75) is 31.7 Å². The Labute approximate surface area is 123 Å². The van der Waals surface area contributed by atoms with Gasteiger partial charge in [0.2, 0.25) is 5.91 Å². The lowest BCUT2D eigenvalue weighted by atomic mass is 10.0. The van der Waals surface area contributed by atoms with Gasteiger partial charge in [0.05, 0.1) is 7.11 Å². The zero-order valence-corrected chi connectivity index (χ0v) is 12.5. The van der Waals surface area contributed by atoms with Gasteiger partial charge in [-0.15, -0.1) is 0 Å². The minimum Gasteiger partial charge on any atom is -0.467 e. The van der Waals surface area contributed by atoms with Gasteiger partial charge in [0.15, 0.2) is 0 Å². The van der Waals surface area contributed by atoms with E-state index in [1.165, 1.54) is 7.11 Å². The molecule has 20 heavy (non-hydrogen) atoms. The summed E-state index contributed by atoms with van der Waals surface area (Å²) >= 11 is 5.95. The third-order valence-corrected chi connectivity index (χ3v) is 3.77. The molecule has 1 amide bonds. The van der Waals surface area contributed by atoms with Crippen LogP contribution in [0.4, 0.5) is 0 Å². The number of nitrogens with one attached hydrogen (secondary N) is 1. The molecule has 0 aromatic heterocycles. The second-order valence-corrected chi connectivity index (χ2v) is 6.05. The van der Waals surface area contributed by atoms with Gasteiger partial charge < -0.3 is 10.1 Å². The fraction of sp³-hybridized carbons (Fsp3) is 0.467. The molecule has 0 aliphatic heterocycles. The summed E-state index contributed by atoms with van der Waals surface area (Å²) in [7, 11) is 1.31. The van der Waals surface area contributed by atoms with Crippen LogP contribution in [0.3, 0.4) is 0 Å². The van der Waals surface area contributed by atoms with Crippen LogP contribution in [0.5, 0.6) is 0 Å². The molecule has 1 N–H and O–H groups in total. The maximum atomic E-state index is 12.2. The highest BCUT2D eigenvalue weighted by molar-refractivity contribution is 6.30. The van der Waals surface area contributed by atoms with Gasteiger partial charge in [0.1, 0.15) is 5.54 Å². The minimum absolute atomic E-state index is 0.0996. The van der Waals surface area contributed by atoms with Crippen molar-refractivity contribution in [2.75, 3.05) is 7.11 Å². The van der Waals surface area contributed by atoms with Gasteiger partial charge in [-0.3, -0.25) is 4.79 Å². The van der Waals surface area contributed by atoms with Crippen LogP contribution in [-0.2, 0) is 14.3 Å². The van der Waals surface area contributed by atoms with E-state index in [-0.39, 0.29) is 17.7 Å². The first-order valence-electron chi connectivity index (χ1n) is 6.51. The number of esters is 1. The van der Waals surface area contributed by atoms with Crippen molar-refractivity contribution in [3.8, 4) is 0 Å². The number of rotatable bonds is 4. The monoisotopic (exact) mass is 295 g/mol. The van der Waals surface area contributed by atoms with Crippen molar-refractivity contribution in [3.63, 3.8) is 0 Å². The second-order valence-electron chi connectivity index (χ2n) is 5.61. The van der Waals surface area contributed by atoms with Crippen LogP contribution in [0.2, 0.25) is 5.02 Å².